The molecule has 2 N–H and O–H groups in total. The van der Waals surface area contributed by atoms with Gasteiger partial charge in [0.05, 0.1) is 26.9 Å². The van der Waals surface area contributed by atoms with Gasteiger partial charge in [0.2, 0.25) is 11.8 Å². The van der Waals surface area contributed by atoms with Crippen molar-refractivity contribution in [3.8, 4) is 11.5 Å². The molecule has 0 aliphatic carbocycles. The lowest BCUT2D eigenvalue weighted by atomic mass is 9.98. The van der Waals surface area contributed by atoms with Crippen molar-refractivity contribution in [1.82, 2.24) is 15.1 Å². The Bertz CT molecular complexity index is 864. The minimum atomic E-state index is -0.272. The van der Waals surface area contributed by atoms with Crippen molar-refractivity contribution in [2.24, 2.45) is 0 Å². The van der Waals surface area contributed by atoms with Gasteiger partial charge in [-0.25, -0.2) is 0 Å². The summed E-state index contributed by atoms with van der Waals surface area (Å²) in [6, 6.07) is 7.39. The maximum atomic E-state index is 12.4. The fourth-order valence-electron chi connectivity index (χ4n) is 3.66. The van der Waals surface area contributed by atoms with E-state index in [2.05, 4.69) is 15.5 Å². The zero-order valence-electron chi connectivity index (χ0n) is 16.2. The van der Waals surface area contributed by atoms with Crippen LogP contribution in [0.25, 0.3) is 0 Å². The lowest BCUT2D eigenvalue weighted by Gasteiger charge is -2.18. The summed E-state index contributed by atoms with van der Waals surface area (Å²) < 4.78 is 16.8. The number of H-pyrrole nitrogens is 1. The van der Waals surface area contributed by atoms with Crippen LogP contribution in [0.3, 0.4) is 0 Å². The molecule has 1 aromatic heterocycles. The van der Waals surface area contributed by atoms with E-state index < -0.39 is 0 Å². The summed E-state index contributed by atoms with van der Waals surface area (Å²) in [6.07, 6.45) is 2.82. The second-order valence-electron chi connectivity index (χ2n) is 7.20. The van der Waals surface area contributed by atoms with Gasteiger partial charge < -0.3 is 24.4 Å². The average Bonchev–Trinajstić information content (AvgIpc) is 3.46. The molecular weight excluding hydrogens is 376 g/mol. The van der Waals surface area contributed by atoms with Crippen LogP contribution < -0.4 is 14.8 Å². The van der Waals surface area contributed by atoms with Gasteiger partial charge in [0.1, 0.15) is 6.10 Å². The normalized spacial score (nSPS) is 21.4. The third-order valence-electron chi connectivity index (χ3n) is 5.16. The minimum absolute atomic E-state index is 0.00111. The predicted molar refractivity (Wildman–Crippen MR) is 104 cm³/mol. The number of ether oxygens (including phenoxy) is 3. The van der Waals surface area contributed by atoms with Gasteiger partial charge in [-0.2, -0.15) is 5.10 Å². The van der Waals surface area contributed by atoms with Crippen LogP contribution in [0.4, 0.5) is 5.82 Å². The number of benzene rings is 1. The van der Waals surface area contributed by atoms with E-state index in [1.54, 1.807) is 24.3 Å². The number of amides is 2. The van der Waals surface area contributed by atoms with E-state index in [0.717, 1.165) is 12.0 Å². The highest BCUT2D eigenvalue weighted by Gasteiger charge is 2.32. The number of methoxy groups -OCH3 is 1. The van der Waals surface area contributed by atoms with Gasteiger partial charge in [-0.1, -0.05) is 6.07 Å². The number of aromatic amines is 1. The molecule has 0 bridgehead atoms. The maximum absolute atomic E-state index is 12.4. The molecule has 3 heterocycles. The molecule has 2 aromatic rings. The lowest BCUT2D eigenvalue weighted by molar-refractivity contribution is -0.131. The third-order valence-corrected chi connectivity index (χ3v) is 5.16. The van der Waals surface area contributed by atoms with Crippen LogP contribution >= 0.6 is 0 Å². The van der Waals surface area contributed by atoms with Crippen LogP contribution in [0.2, 0.25) is 0 Å². The molecule has 2 aliphatic rings. The van der Waals surface area contributed by atoms with Crippen LogP contribution in [0, 0.1) is 0 Å². The molecule has 2 aliphatic heterocycles. The molecule has 1 aromatic carbocycles. The highest BCUT2D eigenvalue weighted by molar-refractivity contribution is 5.94. The molecule has 2 atom stereocenters. The predicted octanol–water partition coefficient (Wildman–Crippen LogP) is 1.54. The Kier molecular flexibility index (Phi) is 5.66. The van der Waals surface area contributed by atoms with E-state index in [1.807, 2.05) is 18.2 Å². The van der Waals surface area contributed by atoms with Gasteiger partial charge in [0.15, 0.2) is 17.3 Å². The Hall–Kier alpha value is -3.07. The first-order valence-corrected chi connectivity index (χ1v) is 9.62. The van der Waals surface area contributed by atoms with Crippen molar-refractivity contribution in [2.75, 3.05) is 38.7 Å². The quantitative estimate of drug-likeness (QED) is 0.730. The van der Waals surface area contributed by atoms with E-state index in [9.17, 15) is 9.59 Å². The first kappa shape index (κ1) is 19.3. The van der Waals surface area contributed by atoms with Gasteiger partial charge in [-0.15, -0.1) is 0 Å². The zero-order valence-corrected chi connectivity index (χ0v) is 16.2. The van der Waals surface area contributed by atoms with Crippen molar-refractivity contribution in [3.63, 3.8) is 0 Å². The van der Waals surface area contributed by atoms with Gasteiger partial charge in [0, 0.05) is 37.6 Å². The number of hydrogen-bond acceptors (Lipinski definition) is 6. The van der Waals surface area contributed by atoms with Crippen LogP contribution in [0.5, 0.6) is 11.5 Å². The molecule has 9 heteroatoms. The van der Waals surface area contributed by atoms with Gasteiger partial charge in [0.25, 0.3) is 0 Å². The Morgan fingerprint density at radius 1 is 1.38 bits per heavy atom. The minimum Gasteiger partial charge on any atom is -0.493 e. The van der Waals surface area contributed by atoms with Crippen molar-refractivity contribution >= 4 is 17.6 Å². The molecule has 2 saturated heterocycles. The average molecular weight is 400 g/mol. The van der Waals surface area contributed by atoms with Crippen molar-refractivity contribution in [3.05, 3.63) is 36.0 Å². The summed E-state index contributed by atoms with van der Waals surface area (Å²) in [7, 11) is 1.60. The second-order valence-corrected chi connectivity index (χ2v) is 7.20. The Balaban J connectivity index is 1.41. The van der Waals surface area contributed by atoms with Crippen LogP contribution in [-0.2, 0) is 14.3 Å². The van der Waals surface area contributed by atoms with Gasteiger partial charge >= 0.3 is 0 Å². The number of anilines is 1. The molecule has 29 heavy (non-hydrogen) atoms. The number of rotatable bonds is 7. The number of aromatic nitrogens is 2. The number of hydrogen-bond donors (Lipinski definition) is 2. The molecule has 0 unspecified atom stereocenters. The lowest BCUT2D eigenvalue weighted by Crippen LogP contribution is -2.34. The number of nitrogens with zero attached hydrogens (tertiary/aromatic N) is 2. The van der Waals surface area contributed by atoms with Crippen molar-refractivity contribution in [1.29, 1.82) is 0 Å². The number of likely N-dealkylation sites (tertiary alicyclic amines) is 1. The summed E-state index contributed by atoms with van der Waals surface area (Å²) in [6.45, 7) is 1.74. The number of carbonyl (C=O) groups is 2. The largest absolute Gasteiger partial charge is 0.493 e. The smallest absolute Gasteiger partial charge is 0.245 e. The number of nitrogens with one attached hydrogen (secondary N) is 2. The molecule has 2 amide bonds. The summed E-state index contributed by atoms with van der Waals surface area (Å²) in [5.41, 5.74) is 0.989. The van der Waals surface area contributed by atoms with Crippen molar-refractivity contribution < 1.29 is 23.8 Å². The monoisotopic (exact) mass is 400 g/mol. The van der Waals surface area contributed by atoms with Crippen molar-refractivity contribution in [2.45, 2.75) is 24.9 Å². The molecule has 0 radical (unpaired) electrons. The molecule has 0 spiro atoms. The van der Waals surface area contributed by atoms with E-state index in [4.69, 9.17) is 14.2 Å². The van der Waals surface area contributed by atoms with Crippen LogP contribution in [0.15, 0.2) is 30.5 Å². The van der Waals surface area contributed by atoms with E-state index in [0.29, 0.717) is 43.5 Å². The standard InChI is InChI=1S/C20H24N4O5/c1-27-16-3-2-13(8-17(16)29-15-5-7-28-12-15)14-9-20(26)24(10-14)11-19(25)22-18-4-6-21-23-18/h2-4,6,8,14-15H,5,7,9-12H2,1H3,(H2,21,22,23,25)/t14-,15-/m1/s1. The van der Waals surface area contributed by atoms with E-state index in [-0.39, 0.29) is 30.4 Å². The molecule has 4 rings (SSSR count). The molecule has 9 nitrogen and oxygen atoms in total. The summed E-state index contributed by atoms with van der Waals surface area (Å²) in [5.74, 6) is 1.42. The topological polar surface area (TPSA) is 106 Å². The van der Waals surface area contributed by atoms with Gasteiger partial charge in [-0.05, 0) is 17.7 Å². The Morgan fingerprint density at radius 3 is 3.00 bits per heavy atom. The molecule has 0 saturated carbocycles. The second kappa shape index (κ2) is 8.52. The highest BCUT2D eigenvalue weighted by atomic mass is 16.6. The molecule has 154 valence electrons. The number of carbonyl (C=O) groups excluding carboxylic acids is 2. The van der Waals surface area contributed by atoms with Gasteiger partial charge in [-0.3, -0.25) is 14.7 Å². The summed E-state index contributed by atoms with van der Waals surface area (Å²) >= 11 is 0. The SMILES string of the molecule is COc1ccc([C@@H]2CC(=O)N(CC(=O)Nc3cc[nH]n3)C2)cc1O[C@@H]1CCOC1. The third kappa shape index (κ3) is 4.51. The first-order chi connectivity index (χ1) is 14.1. The fourth-order valence-corrected chi connectivity index (χ4v) is 3.66. The molecule has 2 fully saturated rings. The van der Waals surface area contributed by atoms with E-state index in [1.165, 1.54) is 0 Å². The highest BCUT2D eigenvalue weighted by Crippen LogP contribution is 2.36. The summed E-state index contributed by atoms with van der Waals surface area (Å²) in [5, 5.41) is 9.18. The molecular formula is C20H24N4O5. The summed E-state index contributed by atoms with van der Waals surface area (Å²) in [4.78, 5) is 26.2. The van der Waals surface area contributed by atoms with Crippen LogP contribution in [0.1, 0.15) is 24.3 Å². The maximum Gasteiger partial charge on any atom is 0.245 e. The fraction of sp³-hybridized carbons (Fsp3) is 0.450. The van der Waals surface area contributed by atoms with Crippen LogP contribution in [-0.4, -0.2) is 66.4 Å². The Labute approximate surface area is 168 Å². The Morgan fingerprint density at radius 2 is 2.28 bits per heavy atom. The first-order valence-electron chi connectivity index (χ1n) is 9.62. The zero-order chi connectivity index (χ0) is 20.2. The van der Waals surface area contributed by atoms with E-state index >= 15 is 0 Å².